The van der Waals surface area contributed by atoms with Crippen molar-refractivity contribution in [2.24, 2.45) is 0 Å². The van der Waals surface area contributed by atoms with Crippen LogP contribution in [0.15, 0.2) is 0 Å². The number of nitrogens with zero attached hydrogens (tertiary/aromatic N) is 2. The van der Waals surface area contributed by atoms with Gasteiger partial charge in [-0.15, -0.1) is 0 Å². The van der Waals surface area contributed by atoms with Gasteiger partial charge in [0.1, 0.15) is 0 Å². The molecule has 0 spiro atoms. The Balaban J connectivity index is 1.73. The average Bonchev–Trinajstić information content (AvgIpc) is 2.50. The molecule has 2 fully saturated rings. The lowest BCUT2D eigenvalue weighted by Crippen LogP contribution is -2.45. The van der Waals surface area contributed by atoms with Gasteiger partial charge in [0.15, 0.2) is 0 Å². The minimum atomic E-state index is 0.735. The molecule has 2 atom stereocenters. The molecule has 2 rings (SSSR count). The van der Waals surface area contributed by atoms with Gasteiger partial charge in [-0.3, -0.25) is 0 Å². The Labute approximate surface area is 93.8 Å². The molecule has 0 aromatic heterocycles. The van der Waals surface area contributed by atoms with Crippen LogP contribution in [0.4, 0.5) is 0 Å². The van der Waals surface area contributed by atoms with Crippen molar-refractivity contribution < 1.29 is 0 Å². The first-order valence-electron chi connectivity index (χ1n) is 6.30. The minimum Gasteiger partial charge on any atom is -0.310 e. The molecule has 0 aromatic rings. The van der Waals surface area contributed by atoms with E-state index in [1.54, 1.807) is 0 Å². The predicted octanol–water partition coefficient (Wildman–Crippen LogP) is 0.763. The number of hydrogen-bond acceptors (Lipinski definition) is 3. The van der Waals surface area contributed by atoms with Crippen LogP contribution < -0.4 is 5.32 Å². The van der Waals surface area contributed by atoms with Crippen molar-refractivity contribution in [3.8, 4) is 0 Å². The highest BCUT2D eigenvalue weighted by atomic mass is 15.2. The third-order valence-corrected chi connectivity index (χ3v) is 4.08. The number of likely N-dealkylation sites (tertiary alicyclic amines) is 2. The van der Waals surface area contributed by atoms with E-state index in [1.165, 1.54) is 38.9 Å². The van der Waals surface area contributed by atoms with E-state index < -0.39 is 0 Å². The standard InChI is InChI=1S/C12H25N3/c1-10-8-12(9-15(10)3)13-11-4-6-14(2)7-5-11/h10-13H,4-9H2,1-3H3. The second-order valence-corrected chi connectivity index (χ2v) is 5.47. The number of likely N-dealkylation sites (N-methyl/N-ethyl adjacent to an activating group) is 1. The molecule has 0 aromatic carbocycles. The van der Waals surface area contributed by atoms with Crippen molar-refractivity contribution in [3.63, 3.8) is 0 Å². The van der Waals surface area contributed by atoms with E-state index in [4.69, 9.17) is 0 Å². The van der Waals surface area contributed by atoms with Gasteiger partial charge in [-0.2, -0.15) is 0 Å². The number of rotatable bonds is 2. The largest absolute Gasteiger partial charge is 0.310 e. The van der Waals surface area contributed by atoms with Gasteiger partial charge in [0.2, 0.25) is 0 Å². The highest BCUT2D eigenvalue weighted by Crippen LogP contribution is 2.17. The molecule has 0 aliphatic carbocycles. The van der Waals surface area contributed by atoms with Crippen molar-refractivity contribution in [1.29, 1.82) is 0 Å². The van der Waals surface area contributed by atoms with Crippen molar-refractivity contribution in [1.82, 2.24) is 15.1 Å². The summed E-state index contributed by atoms with van der Waals surface area (Å²) in [5, 5.41) is 3.83. The first-order chi connectivity index (χ1) is 7.15. The van der Waals surface area contributed by atoms with E-state index in [1.807, 2.05) is 0 Å². The predicted molar refractivity (Wildman–Crippen MR) is 64.2 cm³/mol. The third-order valence-electron chi connectivity index (χ3n) is 4.08. The van der Waals surface area contributed by atoms with Gasteiger partial charge < -0.3 is 15.1 Å². The minimum absolute atomic E-state index is 0.735. The Kier molecular flexibility index (Phi) is 3.65. The Bertz CT molecular complexity index is 189. The topological polar surface area (TPSA) is 18.5 Å². The molecule has 3 heteroatoms. The molecule has 3 nitrogen and oxygen atoms in total. The summed E-state index contributed by atoms with van der Waals surface area (Å²) in [4.78, 5) is 4.90. The molecule has 2 aliphatic rings. The summed E-state index contributed by atoms with van der Waals surface area (Å²) in [7, 11) is 4.46. The molecule has 0 bridgehead atoms. The number of hydrogen-bond donors (Lipinski definition) is 1. The molecular weight excluding hydrogens is 186 g/mol. The van der Waals surface area contributed by atoms with E-state index in [9.17, 15) is 0 Å². The maximum Gasteiger partial charge on any atom is 0.0212 e. The SMILES string of the molecule is CC1CC(NC2CCN(C)CC2)CN1C. The second-order valence-electron chi connectivity index (χ2n) is 5.47. The Morgan fingerprint density at radius 3 is 2.27 bits per heavy atom. The van der Waals surface area contributed by atoms with Gasteiger partial charge in [0.25, 0.3) is 0 Å². The van der Waals surface area contributed by atoms with Crippen LogP contribution in [0, 0.1) is 0 Å². The summed E-state index contributed by atoms with van der Waals surface area (Å²) in [6.07, 6.45) is 3.97. The average molecular weight is 211 g/mol. The van der Waals surface area contributed by atoms with Crippen LogP contribution in [-0.2, 0) is 0 Å². The number of piperidine rings is 1. The van der Waals surface area contributed by atoms with E-state index in [0.717, 1.165) is 18.1 Å². The Morgan fingerprint density at radius 1 is 1.07 bits per heavy atom. The summed E-state index contributed by atoms with van der Waals surface area (Å²) in [5.41, 5.74) is 0. The van der Waals surface area contributed by atoms with Gasteiger partial charge in [-0.05, 0) is 53.4 Å². The van der Waals surface area contributed by atoms with Crippen LogP contribution >= 0.6 is 0 Å². The summed E-state index contributed by atoms with van der Waals surface area (Å²) in [6.45, 7) is 6.08. The smallest absolute Gasteiger partial charge is 0.0212 e. The fourth-order valence-corrected chi connectivity index (χ4v) is 2.82. The van der Waals surface area contributed by atoms with E-state index in [-0.39, 0.29) is 0 Å². The summed E-state index contributed by atoms with van der Waals surface area (Å²) in [5.74, 6) is 0. The molecule has 0 amide bonds. The lowest BCUT2D eigenvalue weighted by molar-refractivity contribution is 0.224. The van der Waals surface area contributed by atoms with Gasteiger partial charge in [-0.1, -0.05) is 0 Å². The zero-order valence-corrected chi connectivity index (χ0v) is 10.4. The third kappa shape index (κ3) is 2.92. The molecule has 88 valence electrons. The lowest BCUT2D eigenvalue weighted by atomic mass is 10.0. The lowest BCUT2D eigenvalue weighted by Gasteiger charge is -2.31. The maximum absolute atomic E-state index is 3.83. The van der Waals surface area contributed by atoms with E-state index in [2.05, 4.69) is 36.1 Å². The van der Waals surface area contributed by atoms with Crippen molar-refractivity contribution in [2.75, 3.05) is 33.7 Å². The molecule has 2 heterocycles. The summed E-state index contributed by atoms with van der Waals surface area (Å²) in [6, 6.07) is 2.26. The zero-order chi connectivity index (χ0) is 10.8. The fourth-order valence-electron chi connectivity index (χ4n) is 2.82. The van der Waals surface area contributed by atoms with E-state index in [0.29, 0.717) is 0 Å². The molecule has 2 aliphatic heterocycles. The normalized spacial score (nSPS) is 36.2. The Hall–Kier alpha value is -0.120. The summed E-state index contributed by atoms with van der Waals surface area (Å²) < 4.78 is 0. The van der Waals surface area contributed by atoms with Gasteiger partial charge in [-0.25, -0.2) is 0 Å². The quantitative estimate of drug-likeness (QED) is 0.727. The van der Waals surface area contributed by atoms with Crippen LogP contribution in [0.3, 0.4) is 0 Å². The molecule has 2 saturated heterocycles. The van der Waals surface area contributed by atoms with Crippen molar-refractivity contribution >= 4 is 0 Å². The number of nitrogens with one attached hydrogen (secondary N) is 1. The molecule has 0 saturated carbocycles. The van der Waals surface area contributed by atoms with Crippen LogP contribution in [-0.4, -0.2) is 61.7 Å². The molecule has 15 heavy (non-hydrogen) atoms. The molecule has 1 N–H and O–H groups in total. The highest BCUT2D eigenvalue weighted by molar-refractivity contribution is 4.88. The second kappa shape index (κ2) is 4.81. The van der Waals surface area contributed by atoms with Crippen LogP contribution in [0.5, 0.6) is 0 Å². The molecular formula is C12H25N3. The highest BCUT2D eigenvalue weighted by Gasteiger charge is 2.28. The maximum atomic E-state index is 3.83. The van der Waals surface area contributed by atoms with Crippen LogP contribution in [0.25, 0.3) is 0 Å². The van der Waals surface area contributed by atoms with Crippen LogP contribution in [0.2, 0.25) is 0 Å². The van der Waals surface area contributed by atoms with Crippen molar-refractivity contribution in [3.05, 3.63) is 0 Å². The first kappa shape index (κ1) is 11.4. The van der Waals surface area contributed by atoms with Gasteiger partial charge in [0.05, 0.1) is 0 Å². The monoisotopic (exact) mass is 211 g/mol. The Morgan fingerprint density at radius 2 is 1.73 bits per heavy atom. The fraction of sp³-hybridized carbons (Fsp3) is 1.00. The van der Waals surface area contributed by atoms with Gasteiger partial charge in [0, 0.05) is 24.7 Å². The zero-order valence-electron chi connectivity index (χ0n) is 10.4. The van der Waals surface area contributed by atoms with Crippen LogP contribution in [0.1, 0.15) is 26.2 Å². The van der Waals surface area contributed by atoms with E-state index >= 15 is 0 Å². The van der Waals surface area contributed by atoms with Gasteiger partial charge >= 0.3 is 0 Å². The molecule has 2 unspecified atom stereocenters. The van der Waals surface area contributed by atoms with Crippen molar-refractivity contribution in [2.45, 2.75) is 44.3 Å². The molecule has 0 radical (unpaired) electrons. The first-order valence-corrected chi connectivity index (χ1v) is 6.30. The summed E-state index contributed by atoms with van der Waals surface area (Å²) >= 11 is 0.